The Morgan fingerprint density at radius 1 is 1.30 bits per heavy atom. The smallest absolute Gasteiger partial charge is 0.141 e. The third-order valence-electron chi connectivity index (χ3n) is 3.07. The van der Waals surface area contributed by atoms with Crippen molar-refractivity contribution in [3.8, 4) is 5.75 Å². The van der Waals surface area contributed by atoms with Crippen LogP contribution in [0.5, 0.6) is 5.75 Å². The average Bonchev–Trinajstić information content (AvgIpc) is 2.47. The quantitative estimate of drug-likeness (QED) is 0.910. The van der Waals surface area contributed by atoms with Crippen molar-refractivity contribution in [3.05, 3.63) is 53.5 Å². The van der Waals surface area contributed by atoms with Crippen LogP contribution in [0.25, 0.3) is 0 Å². The van der Waals surface area contributed by atoms with E-state index in [-0.39, 0.29) is 12.4 Å². The fraction of sp³-hybridized carbons (Fsp3) is 0.267. The SMILES string of the molecule is COc1ccc(CN(C)c2ncc(F)cc2CN)cc1. The molecule has 1 heterocycles. The zero-order chi connectivity index (χ0) is 14.5. The number of anilines is 1. The van der Waals surface area contributed by atoms with Crippen LogP contribution in [0.3, 0.4) is 0 Å². The number of nitrogens with two attached hydrogens (primary N) is 1. The van der Waals surface area contributed by atoms with E-state index >= 15 is 0 Å². The van der Waals surface area contributed by atoms with Crippen LogP contribution in [0, 0.1) is 5.82 Å². The molecule has 0 spiro atoms. The van der Waals surface area contributed by atoms with Crippen LogP contribution in [0.1, 0.15) is 11.1 Å². The van der Waals surface area contributed by atoms with E-state index in [1.807, 2.05) is 36.2 Å². The molecule has 1 aromatic heterocycles. The van der Waals surface area contributed by atoms with Crippen molar-refractivity contribution in [2.45, 2.75) is 13.1 Å². The molecule has 0 saturated carbocycles. The molecule has 106 valence electrons. The minimum Gasteiger partial charge on any atom is -0.497 e. The first-order valence-corrected chi connectivity index (χ1v) is 6.32. The van der Waals surface area contributed by atoms with Crippen molar-refractivity contribution in [2.75, 3.05) is 19.1 Å². The fourth-order valence-electron chi connectivity index (χ4n) is 2.05. The summed E-state index contributed by atoms with van der Waals surface area (Å²) in [5.41, 5.74) is 7.45. The van der Waals surface area contributed by atoms with Crippen LogP contribution >= 0.6 is 0 Å². The van der Waals surface area contributed by atoms with E-state index in [1.165, 1.54) is 12.3 Å². The van der Waals surface area contributed by atoms with E-state index < -0.39 is 0 Å². The Morgan fingerprint density at radius 3 is 2.60 bits per heavy atom. The van der Waals surface area contributed by atoms with Gasteiger partial charge in [-0.3, -0.25) is 0 Å². The summed E-state index contributed by atoms with van der Waals surface area (Å²) < 4.78 is 18.3. The van der Waals surface area contributed by atoms with Crippen molar-refractivity contribution in [3.63, 3.8) is 0 Å². The summed E-state index contributed by atoms with van der Waals surface area (Å²) in [6.07, 6.45) is 1.21. The highest BCUT2D eigenvalue weighted by atomic mass is 19.1. The first-order valence-electron chi connectivity index (χ1n) is 6.32. The lowest BCUT2D eigenvalue weighted by Gasteiger charge is -2.21. The molecule has 2 rings (SSSR count). The number of methoxy groups -OCH3 is 1. The predicted octanol–water partition coefficient (Wildman–Crippen LogP) is 2.32. The molecule has 0 aliphatic heterocycles. The number of nitrogens with zero attached hydrogens (tertiary/aromatic N) is 2. The maximum atomic E-state index is 13.2. The van der Waals surface area contributed by atoms with Crippen LogP contribution < -0.4 is 15.4 Å². The monoisotopic (exact) mass is 275 g/mol. The van der Waals surface area contributed by atoms with Crippen LogP contribution in [0.15, 0.2) is 36.5 Å². The lowest BCUT2D eigenvalue weighted by molar-refractivity contribution is 0.414. The van der Waals surface area contributed by atoms with Gasteiger partial charge in [0.1, 0.15) is 17.4 Å². The number of ether oxygens (including phenoxy) is 1. The van der Waals surface area contributed by atoms with Crippen LogP contribution in [-0.4, -0.2) is 19.1 Å². The third-order valence-corrected chi connectivity index (χ3v) is 3.07. The number of hydrogen-bond donors (Lipinski definition) is 1. The second kappa shape index (κ2) is 6.34. The van der Waals surface area contributed by atoms with Gasteiger partial charge in [0, 0.05) is 25.7 Å². The summed E-state index contributed by atoms with van der Waals surface area (Å²) in [7, 11) is 3.54. The highest BCUT2D eigenvalue weighted by Crippen LogP contribution is 2.20. The molecular formula is C15H18FN3O. The first kappa shape index (κ1) is 14.3. The van der Waals surface area contributed by atoms with Gasteiger partial charge in [-0.1, -0.05) is 12.1 Å². The van der Waals surface area contributed by atoms with Crippen LogP contribution in [0.2, 0.25) is 0 Å². The van der Waals surface area contributed by atoms with Gasteiger partial charge in [-0.25, -0.2) is 9.37 Å². The van der Waals surface area contributed by atoms with E-state index in [4.69, 9.17) is 10.5 Å². The third kappa shape index (κ3) is 3.24. The van der Waals surface area contributed by atoms with Gasteiger partial charge < -0.3 is 15.4 Å². The number of rotatable bonds is 5. The first-order chi connectivity index (χ1) is 9.63. The van der Waals surface area contributed by atoms with E-state index in [0.29, 0.717) is 17.9 Å². The van der Waals surface area contributed by atoms with Gasteiger partial charge in [-0.2, -0.15) is 0 Å². The number of aromatic nitrogens is 1. The molecule has 0 unspecified atom stereocenters. The fourth-order valence-corrected chi connectivity index (χ4v) is 2.05. The van der Waals surface area contributed by atoms with Crippen molar-refractivity contribution >= 4 is 5.82 Å². The molecule has 0 atom stereocenters. The molecule has 0 radical (unpaired) electrons. The molecule has 2 aromatic rings. The molecule has 0 bridgehead atoms. The van der Waals surface area contributed by atoms with E-state index in [2.05, 4.69) is 4.98 Å². The molecule has 1 aromatic carbocycles. The van der Waals surface area contributed by atoms with Gasteiger partial charge in [0.05, 0.1) is 13.3 Å². The molecule has 0 aliphatic carbocycles. The summed E-state index contributed by atoms with van der Waals surface area (Å²) >= 11 is 0. The molecular weight excluding hydrogens is 257 g/mol. The number of halogens is 1. The molecule has 0 aliphatic rings. The molecule has 0 fully saturated rings. The Bertz CT molecular complexity index is 572. The maximum absolute atomic E-state index is 13.2. The Labute approximate surface area is 118 Å². The predicted molar refractivity (Wildman–Crippen MR) is 77.2 cm³/mol. The second-order valence-electron chi connectivity index (χ2n) is 4.54. The largest absolute Gasteiger partial charge is 0.497 e. The normalized spacial score (nSPS) is 10.4. The standard InChI is InChI=1S/C15H18FN3O/c1-19(10-11-3-5-14(20-2)6-4-11)15-12(8-17)7-13(16)9-18-15/h3-7,9H,8,10,17H2,1-2H3. The zero-order valence-corrected chi connectivity index (χ0v) is 11.6. The van der Waals surface area contributed by atoms with Crippen molar-refractivity contribution in [1.29, 1.82) is 0 Å². The van der Waals surface area contributed by atoms with Gasteiger partial charge >= 0.3 is 0 Å². The lowest BCUT2D eigenvalue weighted by atomic mass is 10.2. The lowest BCUT2D eigenvalue weighted by Crippen LogP contribution is -2.20. The Kier molecular flexibility index (Phi) is 4.53. The Balaban J connectivity index is 2.16. The summed E-state index contributed by atoms with van der Waals surface area (Å²) in [5, 5.41) is 0. The van der Waals surface area contributed by atoms with Gasteiger partial charge in [0.15, 0.2) is 0 Å². The molecule has 0 saturated heterocycles. The zero-order valence-electron chi connectivity index (χ0n) is 11.6. The highest BCUT2D eigenvalue weighted by Gasteiger charge is 2.10. The molecule has 5 heteroatoms. The van der Waals surface area contributed by atoms with Crippen molar-refractivity contribution in [1.82, 2.24) is 4.98 Å². The number of benzene rings is 1. The van der Waals surface area contributed by atoms with E-state index in [0.717, 1.165) is 11.3 Å². The van der Waals surface area contributed by atoms with Crippen molar-refractivity contribution < 1.29 is 9.13 Å². The number of pyridine rings is 1. The van der Waals surface area contributed by atoms with Gasteiger partial charge in [-0.15, -0.1) is 0 Å². The maximum Gasteiger partial charge on any atom is 0.141 e. The molecule has 2 N–H and O–H groups in total. The van der Waals surface area contributed by atoms with Gasteiger partial charge in [0.2, 0.25) is 0 Å². The summed E-state index contributed by atoms with van der Waals surface area (Å²) in [6.45, 7) is 0.919. The van der Waals surface area contributed by atoms with Crippen LogP contribution in [-0.2, 0) is 13.1 Å². The highest BCUT2D eigenvalue weighted by molar-refractivity contribution is 5.47. The van der Waals surface area contributed by atoms with Gasteiger partial charge in [-0.05, 0) is 23.8 Å². The Hall–Kier alpha value is -2.14. The van der Waals surface area contributed by atoms with Gasteiger partial charge in [0.25, 0.3) is 0 Å². The topological polar surface area (TPSA) is 51.4 Å². The summed E-state index contributed by atoms with van der Waals surface area (Å²) in [5.74, 6) is 1.15. The van der Waals surface area contributed by atoms with E-state index in [9.17, 15) is 4.39 Å². The minimum atomic E-state index is -0.368. The van der Waals surface area contributed by atoms with E-state index in [1.54, 1.807) is 7.11 Å². The Morgan fingerprint density at radius 2 is 2.00 bits per heavy atom. The van der Waals surface area contributed by atoms with Crippen molar-refractivity contribution in [2.24, 2.45) is 5.73 Å². The summed E-state index contributed by atoms with van der Waals surface area (Å²) in [4.78, 5) is 6.07. The number of hydrogen-bond acceptors (Lipinski definition) is 4. The molecule has 4 nitrogen and oxygen atoms in total. The minimum absolute atomic E-state index is 0.257. The molecule has 0 amide bonds. The second-order valence-corrected chi connectivity index (χ2v) is 4.54. The van der Waals surface area contributed by atoms with Crippen LogP contribution in [0.4, 0.5) is 10.2 Å². The average molecular weight is 275 g/mol. The molecule has 20 heavy (non-hydrogen) atoms. The summed E-state index contributed by atoms with van der Waals surface area (Å²) in [6, 6.07) is 9.21.